The van der Waals surface area contributed by atoms with Crippen LogP contribution in [0.15, 0.2) is 28.0 Å². The predicted octanol–water partition coefficient (Wildman–Crippen LogP) is 2.72. The van der Waals surface area contributed by atoms with Crippen molar-refractivity contribution in [1.29, 1.82) is 0 Å². The average Bonchev–Trinajstić information content (AvgIpc) is 2.53. The number of hydrogen-bond acceptors (Lipinski definition) is 3. The van der Waals surface area contributed by atoms with Crippen molar-refractivity contribution in [3.05, 3.63) is 24.2 Å². The van der Waals surface area contributed by atoms with E-state index in [0.717, 1.165) is 0 Å². The summed E-state index contributed by atoms with van der Waals surface area (Å²) in [5.41, 5.74) is 0.488. The largest absolute Gasteiger partial charge is 0.472 e. The van der Waals surface area contributed by atoms with Crippen molar-refractivity contribution in [3.8, 4) is 0 Å². The molecule has 0 aromatic carbocycles. The van der Waals surface area contributed by atoms with Gasteiger partial charge in [0.15, 0.2) is 5.78 Å². The first-order chi connectivity index (χ1) is 6.49. The predicted molar refractivity (Wildman–Crippen MR) is 55.9 cm³/mol. The van der Waals surface area contributed by atoms with Gasteiger partial charge in [-0.05, 0) is 26.8 Å². The molecule has 0 unspecified atom stereocenters. The lowest BCUT2D eigenvalue weighted by atomic mass is 10.1. The summed E-state index contributed by atoms with van der Waals surface area (Å²) in [5, 5.41) is 0. The number of Topliss-reactive ketones (excluding diaryl/α,β-unsaturated/α-hetero) is 1. The SMILES string of the molecule is CC(C)(C)N=CCC(=O)c1ccoc1. The summed E-state index contributed by atoms with van der Waals surface area (Å²) in [6, 6.07) is 1.66. The van der Waals surface area contributed by atoms with Gasteiger partial charge in [-0.25, -0.2) is 0 Å². The molecule has 1 heterocycles. The molecule has 1 aromatic heterocycles. The van der Waals surface area contributed by atoms with Crippen molar-refractivity contribution in [2.45, 2.75) is 32.7 Å². The summed E-state index contributed by atoms with van der Waals surface area (Å²) < 4.78 is 4.82. The van der Waals surface area contributed by atoms with Crippen molar-refractivity contribution >= 4 is 12.0 Å². The van der Waals surface area contributed by atoms with Gasteiger partial charge in [-0.2, -0.15) is 0 Å². The highest BCUT2D eigenvalue weighted by Gasteiger charge is 2.07. The molecular formula is C11H15NO2. The van der Waals surface area contributed by atoms with Crippen LogP contribution in [0.1, 0.15) is 37.6 Å². The van der Waals surface area contributed by atoms with E-state index >= 15 is 0 Å². The fraction of sp³-hybridized carbons (Fsp3) is 0.455. The third-order valence-corrected chi connectivity index (χ3v) is 1.60. The van der Waals surface area contributed by atoms with Gasteiger partial charge in [-0.3, -0.25) is 9.79 Å². The summed E-state index contributed by atoms with van der Waals surface area (Å²) >= 11 is 0. The molecule has 3 nitrogen and oxygen atoms in total. The smallest absolute Gasteiger partial charge is 0.171 e. The Balaban J connectivity index is 2.48. The van der Waals surface area contributed by atoms with Gasteiger partial charge in [0.2, 0.25) is 0 Å². The Morgan fingerprint density at radius 3 is 2.79 bits per heavy atom. The molecule has 0 atom stereocenters. The Bertz CT molecular complexity index is 318. The number of hydrogen-bond donors (Lipinski definition) is 0. The first kappa shape index (κ1) is 10.7. The average molecular weight is 193 g/mol. The van der Waals surface area contributed by atoms with Gasteiger partial charge in [0.25, 0.3) is 0 Å². The van der Waals surface area contributed by atoms with Crippen LogP contribution in [0.25, 0.3) is 0 Å². The van der Waals surface area contributed by atoms with Crippen molar-refractivity contribution < 1.29 is 9.21 Å². The van der Waals surface area contributed by atoms with E-state index in [1.54, 1.807) is 12.3 Å². The lowest BCUT2D eigenvalue weighted by Crippen LogP contribution is -2.10. The van der Waals surface area contributed by atoms with E-state index in [1.807, 2.05) is 20.8 Å². The zero-order valence-electron chi connectivity index (χ0n) is 8.78. The molecule has 0 aliphatic carbocycles. The highest BCUT2D eigenvalue weighted by molar-refractivity contribution is 6.03. The maximum atomic E-state index is 11.4. The number of ketones is 1. The van der Waals surface area contributed by atoms with Gasteiger partial charge < -0.3 is 4.42 Å². The lowest BCUT2D eigenvalue weighted by molar-refractivity contribution is 0.100. The minimum absolute atomic E-state index is 0.0340. The minimum atomic E-state index is -0.114. The monoisotopic (exact) mass is 193 g/mol. The van der Waals surface area contributed by atoms with E-state index in [-0.39, 0.29) is 11.3 Å². The Morgan fingerprint density at radius 2 is 2.29 bits per heavy atom. The fourth-order valence-electron chi connectivity index (χ4n) is 0.943. The topological polar surface area (TPSA) is 42.6 Å². The quantitative estimate of drug-likeness (QED) is 0.547. The Labute approximate surface area is 83.8 Å². The first-order valence-corrected chi connectivity index (χ1v) is 4.58. The molecule has 0 fully saturated rings. The summed E-state index contributed by atoms with van der Waals surface area (Å²) in [6.45, 7) is 5.98. The normalized spacial score (nSPS) is 12.2. The molecule has 0 aliphatic heterocycles. The molecule has 0 spiro atoms. The molecule has 0 aliphatic rings. The first-order valence-electron chi connectivity index (χ1n) is 4.58. The van der Waals surface area contributed by atoms with Gasteiger partial charge in [0.05, 0.1) is 17.4 Å². The van der Waals surface area contributed by atoms with Crippen LogP contribution in [0.2, 0.25) is 0 Å². The highest BCUT2D eigenvalue weighted by atomic mass is 16.3. The maximum absolute atomic E-state index is 11.4. The Morgan fingerprint density at radius 1 is 1.57 bits per heavy atom. The van der Waals surface area contributed by atoms with Crippen LogP contribution in [0.5, 0.6) is 0 Å². The second-order valence-electron chi connectivity index (χ2n) is 4.12. The van der Waals surface area contributed by atoms with Crippen LogP contribution in [0.3, 0.4) is 0 Å². The molecule has 0 radical (unpaired) electrons. The van der Waals surface area contributed by atoms with Crippen molar-refractivity contribution in [2.75, 3.05) is 0 Å². The van der Waals surface area contributed by atoms with Crippen LogP contribution in [0.4, 0.5) is 0 Å². The highest BCUT2D eigenvalue weighted by Crippen LogP contribution is 2.07. The molecule has 0 bridgehead atoms. The molecule has 0 saturated heterocycles. The molecule has 14 heavy (non-hydrogen) atoms. The number of carbonyl (C=O) groups is 1. The van der Waals surface area contributed by atoms with Crippen LogP contribution in [-0.4, -0.2) is 17.5 Å². The number of aliphatic imine (C=N–C) groups is 1. The molecule has 0 N–H and O–H groups in total. The van der Waals surface area contributed by atoms with Crippen molar-refractivity contribution in [2.24, 2.45) is 4.99 Å². The molecule has 0 amide bonds. The number of carbonyl (C=O) groups excluding carboxylic acids is 1. The number of rotatable bonds is 3. The van der Waals surface area contributed by atoms with E-state index < -0.39 is 0 Å². The second kappa shape index (κ2) is 4.22. The number of nitrogens with zero attached hydrogens (tertiary/aromatic N) is 1. The van der Waals surface area contributed by atoms with Crippen LogP contribution in [0, 0.1) is 0 Å². The zero-order valence-corrected chi connectivity index (χ0v) is 8.78. The van der Waals surface area contributed by atoms with Gasteiger partial charge in [-0.1, -0.05) is 0 Å². The van der Waals surface area contributed by atoms with Crippen LogP contribution in [-0.2, 0) is 0 Å². The van der Waals surface area contributed by atoms with Crippen LogP contribution >= 0.6 is 0 Å². The Hall–Kier alpha value is -1.38. The van der Waals surface area contributed by atoms with Gasteiger partial charge in [-0.15, -0.1) is 0 Å². The Kier molecular flexibility index (Phi) is 3.23. The molecular weight excluding hydrogens is 178 g/mol. The van der Waals surface area contributed by atoms with Gasteiger partial charge in [0.1, 0.15) is 6.26 Å². The maximum Gasteiger partial charge on any atom is 0.171 e. The van der Waals surface area contributed by atoms with E-state index in [2.05, 4.69) is 4.99 Å². The van der Waals surface area contributed by atoms with E-state index in [0.29, 0.717) is 12.0 Å². The summed E-state index contributed by atoms with van der Waals surface area (Å²) in [6.07, 6.45) is 4.94. The molecule has 1 aromatic rings. The summed E-state index contributed by atoms with van der Waals surface area (Å²) in [5.74, 6) is 0.0340. The van der Waals surface area contributed by atoms with E-state index in [9.17, 15) is 4.79 Å². The lowest BCUT2D eigenvalue weighted by Gasteiger charge is -2.10. The van der Waals surface area contributed by atoms with Crippen LogP contribution < -0.4 is 0 Å². The minimum Gasteiger partial charge on any atom is -0.472 e. The molecule has 76 valence electrons. The fourth-order valence-corrected chi connectivity index (χ4v) is 0.943. The second-order valence-corrected chi connectivity index (χ2v) is 4.12. The van der Waals surface area contributed by atoms with Crippen molar-refractivity contribution in [1.82, 2.24) is 0 Å². The third kappa shape index (κ3) is 3.56. The zero-order chi connectivity index (χ0) is 10.6. The van der Waals surface area contributed by atoms with Gasteiger partial charge >= 0.3 is 0 Å². The standard InChI is InChI=1S/C11H15NO2/c1-11(2,3)12-6-4-10(13)9-5-7-14-8-9/h5-8H,4H2,1-3H3. The summed E-state index contributed by atoms with van der Waals surface area (Å²) in [7, 11) is 0. The molecule has 3 heteroatoms. The van der Waals surface area contributed by atoms with Crippen molar-refractivity contribution in [3.63, 3.8) is 0 Å². The van der Waals surface area contributed by atoms with Gasteiger partial charge in [0, 0.05) is 12.6 Å². The molecule has 1 rings (SSSR count). The summed E-state index contributed by atoms with van der Waals surface area (Å²) in [4.78, 5) is 15.7. The molecule has 0 saturated carbocycles. The number of furan rings is 1. The van der Waals surface area contributed by atoms with E-state index in [4.69, 9.17) is 4.42 Å². The van der Waals surface area contributed by atoms with E-state index in [1.165, 1.54) is 12.5 Å². The third-order valence-electron chi connectivity index (χ3n) is 1.60.